The topological polar surface area (TPSA) is 0 Å². The minimum absolute atomic E-state index is 1.22. The molecule has 0 heterocycles. The first kappa shape index (κ1) is 14.6. The molecule has 0 unspecified atom stereocenters. The molecule has 0 atom stereocenters. The minimum atomic E-state index is 1.22. The molecule has 0 aromatic heterocycles. The fourth-order valence-electron chi connectivity index (χ4n) is 1.93. The second-order valence-corrected chi connectivity index (χ2v) is 5.34. The third kappa shape index (κ3) is 9.22. The zero-order valence-electron chi connectivity index (χ0n) is 10.8. The fraction of sp³-hybridized carbons (Fsp3) is 0.500. The molecule has 0 nitrogen and oxygen atoms in total. The van der Waals surface area contributed by atoms with Gasteiger partial charge in [0.1, 0.15) is 0 Å². The van der Waals surface area contributed by atoms with E-state index in [-0.39, 0.29) is 0 Å². The molecule has 0 spiro atoms. The van der Waals surface area contributed by atoms with E-state index in [1.807, 2.05) is 0 Å². The fourth-order valence-corrected chi connectivity index (χ4v) is 2.24. The lowest BCUT2D eigenvalue weighted by Crippen LogP contribution is -1.84. The molecule has 0 aromatic carbocycles. The quantitative estimate of drug-likeness (QED) is 0.533. The van der Waals surface area contributed by atoms with Crippen LogP contribution in [0.3, 0.4) is 0 Å². The lowest BCUT2D eigenvalue weighted by Gasteiger charge is -2.02. The van der Waals surface area contributed by atoms with Crippen LogP contribution >= 0.6 is 0 Å². The maximum absolute atomic E-state index is 2.85. The first-order valence-electron chi connectivity index (χ1n) is 6.84. The highest BCUT2D eigenvalue weighted by molar-refractivity contribution is 6.21. The van der Waals surface area contributed by atoms with Gasteiger partial charge in [-0.2, -0.15) is 4.44 Å². The van der Waals surface area contributed by atoms with Crippen molar-refractivity contribution in [2.45, 2.75) is 51.4 Å². The Morgan fingerprint density at radius 1 is 0.706 bits per heavy atom. The van der Waals surface area contributed by atoms with Gasteiger partial charge in [-0.1, -0.05) is 74.6 Å². The maximum Gasteiger partial charge on any atom is 0.168 e. The smallest absolute Gasteiger partial charge is 0.159 e. The van der Waals surface area contributed by atoms with Crippen molar-refractivity contribution in [3.05, 3.63) is 47.0 Å². The van der Waals surface area contributed by atoms with Gasteiger partial charge in [0, 0.05) is 0 Å². The molecule has 1 aliphatic rings. The minimum Gasteiger partial charge on any atom is -0.159 e. The molecule has 0 amide bonds. The normalized spacial score (nSPS) is 20.1. The highest BCUT2D eigenvalue weighted by Crippen LogP contribution is 2.11. The summed E-state index contributed by atoms with van der Waals surface area (Å²) in [6.07, 6.45) is 25.7. The Bertz CT molecular complexity index is 295. The van der Waals surface area contributed by atoms with Gasteiger partial charge >= 0.3 is 0 Å². The van der Waals surface area contributed by atoms with Crippen LogP contribution in [0.1, 0.15) is 51.4 Å². The molecule has 0 aromatic rings. The summed E-state index contributed by atoms with van der Waals surface area (Å²) < 4.78 is 1.41. The van der Waals surface area contributed by atoms with Crippen LogP contribution < -0.4 is 0 Å². The average molecular weight is 242 g/mol. The van der Waals surface area contributed by atoms with E-state index in [0.717, 1.165) is 0 Å². The van der Waals surface area contributed by atoms with Gasteiger partial charge in [0.15, 0.2) is 16.3 Å². The summed E-state index contributed by atoms with van der Waals surface area (Å²) in [4.78, 5) is 0. The van der Waals surface area contributed by atoms with Crippen LogP contribution in [-0.2, 0) is 0 Å². The number of allylic oxidation sites excluding steroid dienone is 8. The lowest BCUT2D eigenvalue weighted by molar-refractivity contribution is 0.599. The number of hydrogen-bond donors (Lipinski definition) is 0. The summed E-state index contributed by atoms with van der Waals surface area (Å²) in [6.45, 7) is 0. The van der Waals surface area contributed by atoms with Crippen molar-refractivity contribution < 1.29 is 0 Å². The van der Waals surface area contributed by atoms with Crippen molar-refractivity contribution in [3.63, 3.8) is 0 Å². The Morgan fingerprint density at radius 2 is 1.35 bits per heavy atom. The molecule has 1 rings (SSSR count). The Morgan fingerprint density at radius 3 is 2.24 bits per heavy atom. The van der Waals surface area contributed by atoms with E-state index in [1.54, 1.807) is 0 Å². The molecule has 1 aliphatic carbocycles. The summed E-state index contributed by atoms with van der Waals surface area (Å²) in [5, 5.41) is 0. The monoisotopic (exact) mass is 242 g/mol. The van der Waals surface area contributed by atoms with Crippen LogP contribution in [0, 0.1) is 0 Å². The van der Waals surface area contributed by atoms with E-state index < -0.39 is 0 Å². The summed E-state index contributed by atoms with van der Waals surface area (Å²) in [5.74, 6) is 0. The van der Waals surface area contributed by atoms with E-state index in [1.165, 1.54) is 55.8 Å². The predicted octanol–water partition coefficient (Wildman–Crippen LogP) is 4.84. The molecule has 0 fully saturated rings. The SMILES string of the molecule is [Al][C]1=CC=CC=CC=CCCCCCCCC1. The maximum atomic E-state index is 2.85. The van der Waals surface area contributed by atoms with Crippen molar-refractivity contribution in [3.8, 4) is 0 Å². The second-order valence-electron chi connectivity index (χ2n) is 4.60. The van der Waals surface area contributed by atoms with E-state index in [2.05, 4.69) is 58.8 Å². The van der Waals surface area contributed by atoms with Crippen LogP contribution in [0.25, 0.3) is 0 Å². The molecule has 0 saturated carbocycles. The first-order chi connectivity index (χ1) is 8.39. The molecule has 0 aliphatic heterocycles. The van der Waals surface area contributed by atoms with Crippen molar-refractivity contribution >= 4 is 16.3 Å². The van der Waals surface area contributed by atoms with Gasteiger partial charge < -0.3 is 0 Å². The third-order valence-corrected chi connectivity index (χ3v) is 3.46. The van der Waals surface area contributed by atoms with Gasteiger partial charge in [-0.3, -0.25) is 0 Å². The molecule has 0 saturated heterocycles. The molecule has 1 heteroatoms. The lowest BCUT2D eigenvalue weighted by atomic mass is 10.1. The standard InChI is InChI=1S/C16H23.Al/c1-2-4-6-8-10-12-14-16-15-13-11-9-7-5-3-1;/h1-7H,8,10-16H2;. The largest absolute Gasteiger partial charge is 0.168 e. The third-order valence-electron chi connectivity index (χ3n) is 2.98. The van der Waals surface area contributed by atoms with Gasteiger partial charge in [0.2, 0.25) is 0 Å². The Hall–Kier alpha value is -0.508. The average Bonchev–Trinajstić information content (AvgIpc) is 2.32. The Balaban J connectivity index is 2.42. The molecular weight excluding hydrogens is 219 g/mol. The highest BCUT2D eigenvalue weighted by Gasteiger charge is 1.92. The summed E-state index contributed by atoms with van der Waals surface area (Å²) in [5.41, 5.74) is 0. The number of hydrogen-bond acceptors (Lipinski definition) is 0. The van der Waals surface area contributed by atoms with E-state index in [4.69, 9.17) is 0 Å². The molecule has 0 N–H and O–H groups in total. The summed E-state index contributed by atoms with van der Waals surface area (Å²) in [6, 6.07) is 0. The van der Waals surface area contributed by atoms with Crippen LogP contribution in [0.15, 0.2) is 47.0 Å². The molecular formula is C16H23Al. The van der Waals surface area contributed by atoms with Gasteiger partial charge in [0.05, 0.1) is 0 Å². The highest BCUT2D eigenvalue weighted by atomic mass is 27.0. The number of rotatable bonds is 0. The van der Waals surface area contributed by atoms with Crippen LogP contribution in [-0.4, -0.2) is 16.3 Å². The van der Waals surface area contributed by atoms with Gasteiger partial charge in [-0.25, -0.2) is 0 Å². The van der Waals surface area contributed by atoms with Crippen molar-refractivity contribution in [1.82, 2.24) is 0 Å². The van der Waals surface area contributed by atoms with Crippen LogP contribution in [0.4, 0.5) is 0 Å². The van der Waals surface area contributed by atoms with Gasteiger partial charge in [-0.05, 0) is 19.3 Å². The zero-order chi connectivity index (χ0) is 12.2. The summed E-state index contributed by atoms with van der Waals surface area (Å²) >= 11 is 2.85. The molecule has 0 bridgehead atoms. The van der Waals surface area contributed by atoms with Crippen LogP contribution in [0.2, 0.25) is 0 Å². The zero-order valence-corrected chi connectivity index (χ0v) is 11.9. The van der Waals surface area contributed by atoms with Crippen molar-refractivity contribution in [2.75, 3.05) is 0 Å². The molecule has 90 valence electrons. The van der Waals surface area contributed by atoms with Crippen LogP contribution in [0.5, 0.6) is 0 Å². The van der Waals surface area contributed by atoms with E-state index >= 15 is 0 Å². The second kappa shape index (κ2) is 10.6. The Kier molecular flexibility index (Phi) is 9.10. The van der Waals surface area contributed by atoms with Crippen molar-refractivity contribution in [2.24, 2.45) is 0 Å². The molecule has 17 heavy (non-hydrogen) atoms. The van der Waals surface area contributed by atoms with Gasteiger partial charge in [0.25, 0.3) is 0 Å². The van der Waals surface area contributed by atoms with E-state index in [9.17, 15) is 0 Å². The van der Waals surface area contributed by atoms with E-state index in [0.29, 0.717) is 0 Å². The predicted molar refractivity (Wildman–Crippen MR) is 78.2 cm³/mol. The van der Waals surface area contributed by atoms with Gasteiger partial charge in [-0.15, -0.1) is 0 Å². The molecule has 2 radical (unpaired) electrons. The first-order valence-corrected chi connectivity index (χ1v) is 7.42. The van der Waals surface area contributed by atoms with Crippen molar-refractivity contribution in [1.29, 1.82) is 0 Å². The summed E-state index contributed by atoms with van der Waals surface area (Å²) in [7, 11) is 0. The Labute approximate surface area is 115 Å².